The van der Waals surface area contributed by atoms with Gasteiger partial charge in [0.1, 0.15) is 0 Å². The summed E-state index contributed by atoms with van der Waals surface area (Å²) in [7, 11) is -3.76. The monoisotopic (exact) mass is 398 g/mol. The molecule has 0 spiro atoms. The molecule has 3 rings (SSSR count). The summed E-state index contributed by atoms with van der Waals surface area (Å²) in [6.45, 7) is 1.45. The number of hydrogen-bond donors (Lipinski definition) is 2. The Hall–Kier alpha value is -3.23. The van der Waals surface area contributed by atoms with E-state index in [1.54, 1.807) is 42.5 Å². The molecule has 1 amide bonds. The number of anilines is 1. The van der Waals surface area contributed by atoms with E-state index in [1.165, 1.54) is 31.4 Å². The topological polar surface area (TPSA) is 105 Å². The second-order valence-electron chi connectivity index (χ2n) is 6.04. The minimum atomic E-state index is -3.76. The lowest BCUT2D eigenvalue weighted by molar-refractivity contribution is 0.0993. The SMILES string of the molecule is CC(=O)c1cccc(S(=O)(=O)NCc2ccc(NC(=O)c3ccco3)cc2)c1. The van der Waals surface area contributed by atoms with Crippen molar-refractivity contribution in [3.05, 3.63) is 83.8 Å². The van der Waals surface area contributed by atoms with Gasteiger partial charge in [-0.05, 0) is 48.9 Å². The smallest absolute Gasteiger partial charge is 0.291 e. The average Bonchev–Trinajstić information content (AvgIpc) is 3.22. The lowest BCUT2D eigenvalue weighted by atomic mass is 10.2. The molecule has 3 aromatic rings. The quantitative estimate of drug-likeness (QED) is 0.595. The highest BCUT2D eigenvalue weighted by Gasteiger charge is 2.15. The van der Waals surface area contributed by atoms with Crippen LogP contribution in [0.5, 0.6) is 0 Å². The number of sulfonamides is 1. The maximum atomic E-state index is 12.4. The molecule has 0 atom stereocenters. The summed E-state index contributed by atoms with van der Waals surface area (Å²) in [6.07, 6.45) is 1.41. The first-order valence-corrected chi connectivity index (χ1v) is 9.88. The standard InChI is InChI=1S/C20H18N2O5S/c1-14(23)16-4-2-5-18(12-16)28(25,26)21-13-15-7-9-17(10-8-15)22-20(24)19-6-3-11-27-19/h2-12,21H,13H2,1H3,(H,22,24). The van der Waals surface area contributed by atoms with E-state index in [9.17, 15) is 18.0 Å². The number of carbonyl (C=O) groups is 2. The van der Waals surface area contributed by atoms with Crippen LogP contribution >= 0.6 is 0 Å². The minimum Gasteiger partial charge on any atom is -0.459 e. The van der Waals surface area contributed by atoms with Crippen molar-refractivity contribution in [3.63, 3.8) is 0 Å². The van der Waals surface area contributed by atoms with Crippen LogP contribution in [0.4, 0.5) is 5.69 Å². The van der Waals surface area contributed by atoms with Crippen LogP contribution in [0.15, 0.2) is 76.2 Å². The number of carbonyl (C=O) groups excluding carboxylic acids is 2. The van der Waals surface area contributed by atoms with Crippen molar-refractivity contribution in [3.8, 4) is 0 Å². The largest absolute Gasteiger partial charge is 0.459 e. The molecule has 0 bridgehead atoms. The van der Waals surface area contributed by atoms with Gasteiger partial charge in [-0.2, -0.15) is 0 Å². The van der Waals surface area contributed by atoms with Crippen LogP contribution in [0.2, 0.25) is 0 Å². The molecule has 7 nitrogen and oxygen atoms in total. The van der Waals surface area contributed by atoms with Gasteiger partial charge in [0.05, 0.1) is 11.2 Å². The van der Waals surface area contributed by atoms with E-state index in [1.807, 2.05) is 0 Å². The van der Waals surface area contributed by atoms with Crippen LogP contribution in [0.3, 0.4) is 0 Å². The summed E-state index contributed by atoms with van der Waals surface area (Å²) < 4.78 is 32.4. The molecule has 0 radical (unpaired) electrons. The Balaban J connectivity index is 1.63. The maximum absolute atomic E-state index is 12.4. The molecule has 8 heteroatoms. The molecule has 0 aliphatic carbocycles. The number of nitrogens with one attached hydrogen (secondary N) is 2. The zero-order chi connectivity index (χ0) is 20.1. The van der Waals surface area contributed by atoms with E-state index in [-0.39, 0.29) is 28.9 Å². The summed E-state index contributed by atoms with van der Waals surface area (Å²) in [5.41, 5.74) is 1.60. The Labute approximate surface area is 162 Å². The van der Waals surface area contributed by atoms with Gasteiger partial charge in [-0.3, -0.25) is 9.59 Å². The average molecular weight is 398 g/mol. The van der Waals surface area contributed by atoms with E-state index in [4.69, 9.17) is 4.42 Å². The van der Waals surface area contributed by atoms with Crippen molar-refractivity contribution in [2.24, 2.45) is 0 Å². The molecule has 0 fully saturated rings. The van der Waals surface area contributed by atoms with Gasteiger partial charge in [0, 0.05) is 17.8 Å². The summed E-state index contributed by atoms with van der Waals surface area (Å²) in [4.78, 5) is 23.4. The second kappa shape index (κ2) is 8.20. The zero-order valence-corrected chi connectivity index (χ0v) is 15.8. The van der Waals surface area contributed by atoms with Gasteiger partial charge in [0.15, 0.2) is 11.5 Å². The van der Waals surface area contributed by atoms with E-state index in [2.05, 4.69) is 10.0 Å². The van der Waals surface area contributed by atoms with Crippen molar-refractivity contribution in [1.29, 1.82) is 0 Å². The van der Waals surface area contributed by atoms with Crippen molar-refractivity contribution in [2.75, 3.05) is 5.32 Å². The number of benzene rings is 2. The molecule has 144 valence electrons. The van der Waals surface area contributed by atoms with Gasteiger partial charge in [0.2, 0.25) is 10.0 Å². The van der Waals surface area contributed by atoms with Crippen LogP contribution in [-0.4, -0.2) is 20.1 Å². The lowest BCUT2D eigenvalue weighted by Crippen LogP contribution is -2.23. The highest BCUT2D eigenvalue weighted by atomic mass is 32.2. The Kier molecular flexibility index (Phi) is 5.72. The summed E-state index contributed by atoms with van der Waals surface area (Å²) in [6, 6.07) is 15.8. The predicted molar refractivity (Wildman–Crippen MR) is 104 cm³/mol. The molecular weight excluding hydrogens is 380 g/mol. The van der Waals surface area contributed by atoms with Gasteiger partial charge in [-0.1, -0.05) is 24.3 Å². The van der Waals surface area contributed by atoms with Gasteiger partial charge >= 0.3 is 0 Å². The van der Waals surface area contributed by atoms with E-state index in [0.29, 0.717) is 16.8 Å². The van der Waals surface area contributed by atoms with Crippen molar-refractivity contribution in [2.45, 2.75) is 18.4 Å². The molecule has 0 saturated heterocycles. The van der Waals surface area contributed by atoms with Crippen LogP contribution in [0.1, 0.15) is 33.4 Å². The van der Waals surface area contributed by atoms with Crippen LogP contribution < -0.4 is 10.0 Å². The van der Waals surface area contributed by atoms with Crippen molar-refractivity contribution >= 4 is 27.4 Å². The summed E-state index contributed by atoms with van der Waals surface area (Å²) in [5.74, 6) is -0.377. The fourth-order valence-electron chi connectivity index (χ4n) is 2.45. The van der Waals surface area contributed by atoms with Gasteiger partial charge in [-0.25, -0.2) is 13.1 Å². The minimum absolute atomic E-state index is 0.0301. The molecular formula is C20H18N2O5S. The van der Waals surface area contributed by atoms with Crippen molar-refractivity contribution in [1.82, 2.24) is 4.72 Å². The molecule has 0 aliphatic rings. The first-order valence-electron chi connectivity index (χ1n) is 8.39. The Morgan fingerprint density at radius 1 is 1.00 bits per heavy atom. The molecule has 2 aromatic carbocycles. The highest BCUT2D eigenvalue weighted by molar-refractivity contribution is 7.89. The number of ketones is 1. The lowest BCUT2D eigenvalue weighted by Gasteiger charge is -2.09. The second-order valence-corrected chi connectivity index (χ2v) is 7.80. The highest BCUT2D eigenvalue weighted by Crippen LogP contribution is 2.15. The fourth-order valence-corrected chi connectivity index (χ4v) is 3.51. The normalized spacial score (nSPS) is 11.2. The first kappa shape index (κ1) is 19.5. The predicted octanol–water partition coefficient (Wildman–Crippen LogP) is 3.21. The van der Waals surface area contributed by atoms with E-state index in [0.717, 1.165) is 0 Å². The number of amides is 1. The third-order valence-electron chi connectivity index (χ3n) is 3.97. The molecule has 1 heterocycles. The first-order chi connectivity index (χ1) is 13.3. The number of hydrogen-bond acceptors (Lipinski definition) is 5. The van der Waals surface area contributed by atoms with E-state index >= 15 is 0 Å². The zero-order valence-electron chi connectivity index (χ0n) is 15.0. The van der Waals surface area contributed by atoms with Gasteiger partial charge in [-0.15, -0.1) is 0 Å². The third-order valence-corrected chi connectivity index (χ3v) is 5.37. The van der Waals surface area contributed by atoms with Gasteiger partial charge < -0.3 is 9.73 Å². The Morgan fingerprint density at radius 2 is 1.75 bits per heavy atom. The van der Waals surface area contributed by atoms with Crippen LogP contribution in [0, 0.1) is 0 Å². The molecule has 1 aromatic heterocycles. The number of Topliss-reactive ketones (excluding diaryl/α,β-unsaturated/α-hetero) is 1. The van der Waals surface area contributed by atoms with Crippen molar-refractivity contribution < 1.29 is 22.4 Å². The number of rotatable bonds is 7. The summed E-state index contributed by atoms with van der Waals surface area (Å²) in [5, 5.41) is 2.68. The maximum Gasteiger partial charge on any atom is 0.291 e. The number of furan rings is 1. The Morgan fingerprint density at radius 3 is 2.39 bits per heavy atom. The molecule has 0 saturated carbocycles. The fraction of sp³-hybridized carbons (Fsp3) is 0.100. The molecule has 0 unspecified atom stereocenters. The van der Waals surface area contributed by atoms with E-state index < -0.39 is 10.0 Å². The molecule has 0 aliphatic heterocycles. The van der Waals surface area contributed by atoms with Gasteiger partial charge in [0.25, 0.3) is 5.91 Å². The van der Waals surface area contributed by atoms with Crippen LogP contribution in [0.25, 0.3) is 0 Å². The summed E-state index contributed by atoms with van der Waals surface area (Å²) >= 11 is 0. The molecule has 28 heavy (non-hydrogen) atoms. The molecule has 2 N–H and O–H groups in total. The third kappa shape index (κ3) is 4.73. The Bertz CT molecular complexity index is 1090. The van der Waals surface area contributed by atoms with Crippen LogP contribution in [-0.2, 0) is 16.6 Å².